The van der Waals surface area contributed by atoms with Crippen molar-refractivity contribution in [2.45, 2.75) is 31.6 Å². The molecule has 5 rings (SSSR count). The van der Waals surface area contributed by atoms with Crippen LogP contribution in [0, 0.1) is 16.0 Å². The van der Waals surface area contributed by atoms with E-state index in [0.29, 0.717) is 29.0 Å². The lowest BCUT2D eigenvalue weighted by Gasteiger charge is -2.40. The summed E-state index contributed by atoms with van der Waals surface area (Å²) < 4.78 is 11.6. The number of rotatable bonds is 8. The van der Waals surface area contributed by atoms with Crippen LogP contribution in [-0.2, 0) is 9.59 Å². The SMILES string of the molecule is COc1cc(N2CCN(CC3CCN(c4cc(OC)c([N+](=O)[O-])cc4Br)CC3)CC2)ccc1C1CCC(=O)NC1=O. The molecule has 0 aromatic heterocycles. The third kappa shape index (κ3) is 6.43. The van der Waals surface area contributed by atoms with Gasteiger partial charge in [0.15, 0.2) is 5.75 Å². The summed E-state index contributed by atoms with van der Waals surface area (Å²) in [4.78, 5) is 42.0. The number of piperidine rings is 2. The molecule has 2 amide bonds. The Morgan fingerprint density at radius 1 is 0.951 bits per heavy atom. The van der Waals surface area contributed by atoms with E-state index in [4.69, 9.17) is 9.47 Å². The van der Waals surface area contributed by atoms with Gasteiger partial charge in [0, 0.05) is 86.2 Å². The average molecular weight is 631 g/mol. The number of carbonyl (C=O) groups is 2. The highest BCUT2D eigenvalue weighted by molar-refractivity contribution is 9.10. The number of nitrogens with one attached hydrogen (secondary N) is 1. The highest BCUT2D eigenvalue weighted by Gasteiger charge is 2.31. The molecule has 220 valence electrons. The molecule has 0 spiro atoms. The number of carbonyl (C=O) groups excluding carboxylic acids is 2. The number of piperazine rings is 1. The fourth-order valence-corrected chi connectivity index (χ4v) is 6.75. The number of nitro benzene ring substituents is 1. The van der Waals surface area contributed by atoms with Gasteiger partial charge in [-0.1, -0.05) is 6.07 Å². The van der Waals surface area contributed by atoms with Gasteiger partial charge in [0.05, 0.1) is 30.7 Å². The first kappa shape index (κ1) is 29.1. The monoisotopic (exact) mass is 629 g/mol. The number of anilines is 2. The number of benzene rings is 2. The molecule has 12 heteroatoms. The van der Waals surface area contributed by atoms with Crippen molar-refractivity contribution >= 4 is 44.8 Å². The molecule has 0 saturated carbocycles. The van der Waals surface area contributed by atoms with Crippen LogP contribution in [0.1, 0.15) is 37.2 Å². The molecule has 3 aliphatic rings. The number of nitrogens with zero attached hydrogens (tertiary/aromatic N) is 4. The number of amides is 2. The van der Waals surface area contributed by atoms with E-state index in [9.17, 15) is 19.7 Å². The summed E-state index contributed by atoms with van der Waals surface area (Å²) in [6.07, 6.45) is 2.96. The number of imide groups is 1. The fourth-order valence-electron chi connectivity index (χ4n) is 6.17. The Morgan fingerprint density at radius 3 is 2.29 bits per heavy atom. The van der Waals surface area contributed by atoms with Crippen LogP contribution < -0.4 is 24.6 Å². The van der Waals surface area contributed by atoms with Gasteiger partial charge in [0.25, 0.3) is 0 Å². The maximum Gasteiger partial charge on any atom is 0.312 e. The number of ether oxygens (including phenoxy) is 2. The van der Waals surface area contributed by atoms with Crippen molar-refractivity contribution in [3.05, 3.63) is 50.5 Å². The van der Waals surface area contributed by atoms with E-state index in [1.54, 1.807) is 13.2 Å². The summed E-state index contributed by atoms with van der Waals surface area (Å²) in [5, 5.41) is 13.8. The van der Waals surface area contributed by atoms with E-state index >= 15 is 0 Å². The van der Waals surface area contributed by atoms with Gasteiger partial charge < -0.3 is 19.3 Å². The van der Waals surface area contributed by atoms with Crippen LogP contribution in [-0.4, -0.2) is 81.7 Å². The van der Waals surface area contributed by atoms with Crippen LogP contribution in [0.2, 0.25) is 0 Å². The third-order valence-corrected chi connectivity index (χ3v) is 9.12. The molecule has 2 aromatic rings. The Kier molecular flexibility index (Phi) is 8.98. The van der Waals surface area contributed by atoms with Crippen molar-refractivity contribution < 1.29 is 24.0 Å². The van der Waals surface area contributed by atoms with Crippen LogP contribution in [0.25, 0.3) is 0 Å². The first-order valence-electron chi connectivity index (χ1n) is 14.0. The second-order valence-electron chi connectivity index (χ2n) is 10.9. The first-order valence-corrected chi connectivity index (χ1v) is 14.8. The minimum Gasteiger partial charge on any atom is -0.496 e. The van der Waals surface area contributed by atoms with E-state index in [1.807, 2.05) is 12.1 Å². The second-order valence-corrected chi connectivity index (χ2v) is 11.7. The molecule has 3 heterocycles. The largest absolute Gasteiger partial charge is 0.496 e. The minimum absolute atomic E-state index is 0.0409. The molecule has 1 N–H and O–H groups in total. The minimum atomic E-state index is -0.424. The van der Waals surface area contributed by atoms with E-state index in [2.05, 4.69) is 42.0 Å². The van der Waals surface area contributed by atoms with Crippen molar-refractivity contribution in [2.24, 2.45) is 5.92 Å². The fraction of sp³-hybridized carbons (Fsp3) is 0.517. The molecule has 0 aliphatic carbocycles. The van der Waals surface area contributed by atoms with Crippen LogP contribution in [0.15, 0.2) is 34.8 Å². The Morgan fingerprint density at radius 2 is 1.66 bits per heavy atom. The van der Waals surface area contributed by atoms with E-state index in [0.717, 1.165) is 75.6 Å². The topological polar surface area (TPSA) is 117 Å². The quantitative estimate of drug-likeness (QED) is 0.263. The maximum absolute atomic E-state index is 12.4. The molecule has 41 heavy (non-hydrogen) atoms. The number of methoxy groups -OCH3 is 2. The lowest BCUT2D eigenvalue weighted by atomic mass is 9.89. The number of halogens is 1. The van der Waals surface area contributed by atoms with Crippen molar-refractivity contribution in [3.8, 4) is 11.5 Å². The smallest absolute Gasteiger partial charge is 0.312 e. The summed E-state index contributed by atoms with van der Waals surface area (Å²) in [7, 11) is 3.08. The number of hydrogen-bond donors (Lipinski definition) is 1. The van der Waals surface area contributed by atoms with Crippen molar-refractivity contribution in [1.82, 2.24) is 10.2 Å². The van der Waals surface area contributed by atoms with Crippen molar-refractivity contribution in [1.29, 1.82) is 0 Å². The lowest BCUT2D eigenvalue weighted by Crippen LogP contribution is -2.49. The van der Waals surface area contributed by atoms with E-state index in [-0.39, 0.29) is 29.2 Å². The Bertz CT molecular complexity index is 1310. The molecule has 1 atom stereocenters. The zero-order valence-electron chi connectivity index (χ0n) is 23.4. The molecule has 3 aliphatic heterocycles. The molecule has 3 fully saturated rings. The molecular weight excluding hydrogens is 594 g/mol. The summed E-state index contributed by atoms with van der Waals surface area (Å²) in [6.45, 7) is 6.62. The summed E-state index contributed by atoms with van der Waals surface area (Å²) in [5.74, 6) is 0.711. The highest BCUT2D eigenvalue weighted by atomic mass is 79.9. The van der Waals surface area contributed by atoms with Gasteiger partial charge in [-0.05, 0) is 47.2 Å². The van der Waals surface area contributed by atoms with Crippen LogP contribution in [0.4, 0.5) is 17.1 Å². The Hall–Kier alpha value is -3.38. The van der Waals surface area contributed by atoms with Crippen molar-refractivity contribution in [3.63, 3.8) is 0 Å². The summed E-state index contributed by atoms with van der Waals surface area (Å²) in [5.41, 5.74) is 2.79. The zero-order chi connectivity index (χ0) is 29.1. The maximum atomic E-state index is 12.4. The third-order valence-electron chi connectivity index (χ3n) is 8.49. The molecular formula is C29H36BrN5O6. The van der Waals surface area contributed by atoms with Crippen molar-refractivity contribution in [2.75, 3.05) is 69.8 Å². The average Bonchev–Trinajstić information content (AvgIpc) is 2.98. The first-order chi connectivity index (χ1) is 19.8. The Labute approximate surface area is 248 Å². The van der Waals surface area contributed by atoms with Gasteiger partial charge in [-0.3, -0.25) is 29.9 Å². The van der Waals surface area contributed by atoms with Crippen LogP contribution >= 0.6 is 15.9 Å². The summed E-state index contributed by atoms with van der Waals surface area (Å²) in [6, 6.07) is 9.31. The highest BCUT2D eigenvalue weighted by Crippen LogP contribution is 2.39. The normalized spacial score (nSPS) is 20.6. The van der Waals surface area contributed by atoms with Gasteiger partial charge in [-0.15, -0.1) is 0 Å². The second kappa shape index (κ2) is 12.6. The zero-order valence-corrected chi connectivity index (χ0v) is 25.0. The predicted molar refractivity (Wildman–Crippen MR) is 159 cm³/mol. The van der Waals surface area contributed by atoms with Gasteiger partial charge >= 0.3 is 5.69 Å². The van der Waals surface area contributed by atoms with E-state index in [1.165, 1.54) is 13.2 Å². The van der Waals surface area contributed by atoms with Gasteiger partial charge in [0.2, 0.25) is 11.8 Å². The molecule has 2 aromatic carbocycles. The van der Waals surface area contributed by atoms with Gasteiger partial charge in [-0.2, -0.15) is 0 Å². The molecule has 3 saturated heterocycles. The van der Waals surface area contributed by atoms with Gasteiger partial charge in [0.1, 0.15) is 5.75 Å². The standard InChI is InChI=1S/C29H36BrN5O6/c1-40-26-15-20(3-4-21(26)22-5-6-28(36)31-29(22)37)33-13-11-32(12-14-33)18-19-7-9-34(10-8-19)24-17-27(41-2)25(35(38)39)16-23(24)30/h3-4,15-17,19,22H,5-14,18H2,1-2H3,(H,31,36,37). The molecule has 1 unspecified atom stereocenters. The number of hydrogen-bond acceptors (Lipinski definition) is 9. The predicted octanol–water partition coefficient (Wildman–Crippen LogP) is 3.93. The molecule has 0 radical (unpaired) electrons. The molecule has 11 nitrogen and oxygen atoms in total. The molecule has 0 bridgehead atoms. The van der Waals surface area contributed by atoms with Crippen LogP contribution in [0.3, 0.4) is 0 Å². The lowest BCUT2D eigenvalue weighted by molar-refractivity contribution is -0.385. The van der Waals surface area contributed by atoms with E-state index < -0.39 is 4.92 Å². The summed E-state index contributed by atoms with van der Waals surface area (Å²) >= 11 is 3.52. The Balaban J connectivity index is 1.13. The van der Waals surface area contributed by atoms with Gasteiger partial charge in [-0.25, -0.2) is 0 Å². The number of nitro groups is 1. The van der Waals surface area contributed by atoms with Crippen LogP contribution in [0.5, 0.6) is 11.5 Å².